The van der Waals surface area contributed by atoms with Crippen molar-refractivity contribution in [3.8, 4) is 0 Å². The van der Waals surface area contributed by atoms with Gasteiger partial charge in [-0.3, -0.25) is 0 Å². The second kappa shape index (κ2) is 6.55. The average Bonchev–Trinajstić information content (AvgIpc) is 2.31. The number of halogens is 1. The highest BCUT2D eigenvalue weighted by atomic mass is 32.2. The smallest absolute Gasteiger partial charge is 0.338 e. The summed E-state index contributed by atoms with van der Waals surface area (Å²) in [4.78, 5) is 10.7. The highest BCUT2D eigenvalue weighted by molar-refractivity contribution is 7.98. The summed E-state index contributed by atoms with van der Waals surface area (Å²) < 4.78 is 40.3. The molecular formula is C12H16FNO4S2. The largest absolute Gasteiger partial charge is 0.478 e. The van der Waals surface area contributed by atoms with Crippen molar-refractivity contribution in [3.05, 3.63) is 29.1 Å². The Morgan fingerprint density at radius 3 is 2.60 bits per heavy atom. The Bertz CT molecular complexity index is 616. The van der Waals surface area contributed by atoms with Crippen LogP contribution in [0.4, 0.5) is 4.39 Å². The predicted octanol–water partition coefficient (Wildman–Crippen LogP) is 1.86. The Balaban J connectivity index is 3.22. The highest BCUT2D eigenvalue weighted by Gasteiger charge is 2.22. The van der Waals surface area contributed by atoms with Crippen molar-refractivity contribution < 1.29 is 22.7 Å². The van der Waals surface area contributed by atoms with E-state index in [1.807, 2.05) is 6.26 Å². The molecule has 1 aromatic rings. The van der Waals surface area contributed by atoms with Gasteiger partial charge in [0.2, 0.25) is 10.0 Å². The lowest BCUT2D eigenvalue weighted by Gasteiger charge is -2.14. The second-order valence-electron chi connectivity index (χ2n) is 4.38. The maximum atomic E-state index is 13.6. The van der Waals surface area contributed by atoms with Crippen molar-refractivity contribution in [3.63, 3.8) is 0 Å². The molecule has 1 rings (SSSR count). The van der Waals surface area contributed by atoms with Crippen LogP contribution >= 0.6 is 11.8 Å². The molecule has 0 amide bonds. The first kappa shape index (κ1) is 16.9. The van der Waals surface area contributed by atoms with Gasteiger partial charge < -0.3 is 5.11 Å². The summed E-state index contributed by atoms with van der Waals surface area (Å²) in [5.74, 6) is -1.85. The van der Waals surface area contributed by atoms with Crippen molar-refractivity contribution in [2.45, 2.75) is 24.8 Å². The third-order valence-electron chi connectivity index (χ3n) is 2.54. The maximum absolute atomic E-state index is 13.6. The van der Waals surface area contributed by atoms with E-state index in [1.54, 1.807) is 6.92 Å². The van der Waals surface area contributed by atoms with Gasteiger partial charge in [0, 0.05) is 11.8 Å². The fraction of sp³-hybridized carbons (Fsp3) is 0.417. The molecule has 0 aliphatic rings. The number of aromatic carboxylic acids is 1. The minimum atomic E-state index is -3.87. The Hall–Kier alpha value is -1.12. The molecule has 20 heavy (non-hydrogen) atoms. The van der Waals surface area contributed by atoms with Gasteiger partial charge in [-0.1, -0.05) is 0 Å². The monoisotopic (exact) mass is 321 g/mol. The number of rotatable bonds is 6. The molecule has 0 bridgehead atoms. The molecule has 1 aromatic carbocycles. The average molecular weight is 321 g/mol. The summed E-state index contributed by atoms with van der Waals surface area (Å²) in [5, 5.41) is 8.89. The quantitative estimate of drug-likeness (QED) is 0.835. The van der Waals surface area contributed by atoms with Gasteiger partial charge in [0.25, 0.3) is 0 Å². The summed E-state index contributed by atoms with van der Waals surface area (Å²) in [6, 6.07) is 1.64. The van der Waals surface area contributed by atoms with E-state index in [4.69, 9.17) is 5.11 Å². The number of aryl methyl sites for hydroxylation is 1. The number of sulfonamides is 1. The number of nitrogens with one attached hydrogen (secondary N) is 1. The number of carboxylic acid groups (broad SMARTS) is 1. The summed E-state index contributed by atoms with van der Waals surface area (Å²) in [6.07, 6.45) is 1.84. The van der Waals surface area contributed by atoms with Crippen LogP contribution in [0, 0.1) is 12.7 Å². The zero-order valence-electron chi connectivity index (χ0n) is 11.3. The lowest BCUT2D eigenvalue weighted by atomic mass is 10.1. The van der Waals surface area contributed by atoms with Gasteiger partial charge in [0.15, 0.2) is 0 Å². The first-order valence-electron chi connectivity index (χ1n) is 5.73. The molecule has 0 aliphatic carbocycles. The Labute approximate surface area is 121 Å². The molecule has 8 heteroatoms. The summed E-state index contributed by atoms with van der Waals surface area (Å²) >= 11 is 1.48. The maximum Gasteiger partial charge on any atom is 0.338 e. The molecule has 1 atom stereocenters. The van der Waals surface area contributed by atoms with Crippen LogP contribution in [-0.4, -0.2) is 37.5 Å². The van der Waals surface area contributed by atoms with Crippen LogP contribution in [0.3, 0.4) is 0 Å². The SMILES string of the molecule is CSCC(C)NS(=O)(=O)c1cc(C)c(F)c(C(=O)O)c1. The second-order valence-corrected chi connectivity index (χ2v) is 7.01. The number of carbonyl (C=O) groups is 1. The van der Waals surface area contributed by atoms with Gasteiger partial charge >= 0.3 is 5.97 Å². The molecule has 5 nitrogen and oxygen atoms in total. The fourth-order valence-corrected chi connectivity index (χ4v) is 3.71. The van der Waals surface area contributed by atoms with Crippen molar-refractivity contribution in [1.29, 1.82) is 0 Å². The van der Waals surface area contributed by atoms with Crippen molar-refractivity contribution in [1.82, 2.24) is 4.72 Å². The molecule has 0 saturated heterocycles. The number of benzene rings is 1. The molecule has 0 radical (unpaired) electrons. The lowest BCUT2D eigenvalue weighted by Crippen LogP contribution is -2.34. The zero-order valence-corrected chi connectivity index (χ0v) is 12.9. The van der Waals surface area contributed by atoms with E-state index in [0.717, 1.165) is 12.1 Å². The van der Waals surface area contributed by atoms with Crippen LogP contribution in [0.2, 0.25) is 0 Å². The molecule has 112 valence electrons. The van der Waals surface area contributed by atoms with Gasteiger partial charge in [0.1, 0.15) is 5.82 Å². The first-order chi connectivity index (χ1) is 9.19. The summed E-state index contributed by atoms with van der Waals surface area (Å²) in [5.41, 5.74) is -0.675. The fourth-order valence-electron chi connectivity index (χ4n) is 1.66. The van der Waals surface area contributed by atoms with Gasteiger partial charge in [0.05, 0.1) is 10.5 Å². The molecule has 0 aliphatic heterocycles. The molecule has 0 fully saturated rings. The minimum Gasteiger partial charge on any atom is -0.478 e. The number of hydrogen-bond donors (Lipinski definition) is 2. The number of thioether (sulfide) groups is 1. The Kier molecular flexibility index (Phi) is 5.55. The molecule has 1 unspecified atom stereocenters. The van der Waals surface area contributed by atoms with Gasteiger partial charge in [-0.15, -0.1) is 0 Å². The van der Waals surface area contributed by atoms with Crippen molar-refractivity contribution in [2.24, 2.45) is 0 Å². The first-order valence-corrected chi connectivity index (χ1v) is 8.61. The molecule has 0 aromatic heterocycles. The van der Waals surface area contributed by atoms with E-state index in [0.29, 0.717) is 5.75 Å². The van der Waals surface area contributed by atoms with Crippen LogP contribution in [0.25, 0.3) is 0 Å². The van der Waals surface area contributed by atoms with Gasteiger partial charge in [-0.25, -0.2) is 22.3 Å². The molecule has 0 heterocycles. The summed E-state index contributed by atoms with van der Waals surface area (Å²) in [6.45, 7) is 3.02. The van der Waals surface area contributed by atoms with E-state index in [9.17, 15) is 17.6 Å². The molecule has 0 saturated carbocycles. The zero-order chi connectivity index (χ0) is 15.5. The van der Waals surface area contributed by atoms with Crippen LogP contribution in [0.5, 0.6) is 0 Å². The predicted molar refractivity (Wildman–Crippen MR) is 76.3 cm³/mol. The van der Waals surface area contributed by atoms with E-state index in [-0.39, 0.29) is 16.5 Å². The van der Waals surface area contributed by atoms with E-state index in [1.165, 1.54) is 18.7 Å². The Morgan fingerprint density at radius 2 is 2.10 bits per heavy atom. The summed E-state index contributed by atoms with van der Waals surface area (Å²) in [7, 11) is -3.87. The van der Waals surface area contributed by atoms with E-state index >= 15 is 0 Å². The third-order valence-corrected chi connectivity index (χ3v) is 4.94. The van der Waals surface area contributed by atoms with Crippen LogP contribution in [0.1, 0.15) is 22.8 Å². The van der Waals surface area contributed by atoms with Crippen LogP contribution in [0.15, 0.2) is 17.0 Å². The van der Waals surface area contributed by atoms with E-state index < -0.39 is 27.4 Å². The van der Waals surface area contributed by atoms with Crippen molar-refractivity contribution in [2.75, 3.05) is 12.0 Å². The number of carboxylic acids is 1. The van der Waals surface area contributed by atoms with E-state index in [2.05, 4.69) is 4.72 Å². The Morgan fingerprint density at radius 1 is 1.50 bits per heavy atom. The topological polar surface area (TPSA) is 83.5 Å². The standard InChI is InChI=1S/C12H16FNO4S2/c1-7-4-9(5-10(11(7)13)12(15)16)20(17,18)14-8(2)6-19-3/h4-5,8,14H,6H2,1-3H3,(H,15,16). The number of hydrogen-bond acceptors (Lipinski definition) is 4. The molecule has 2 N–H and O–H groups in total. The highest BCUT2D eigenvalue weighted by Crippen LogP contribution is 2.19. The van der Waals surface area contributed by atoms with Crippen molar-refractivity contribution >= 4 is 27.8 Å². The lowest BCUT2D eigenvalue weighted by molar-refractivity contribution is 0.0691. The van der Waals surface area contributed by atoms with Gasteiger partial charge in [-0.2, -0.15) is 11.8 Å². The van der Waals surface area contributed by atoms with Gasteiger partial charge in [-0.05, 0) is 37.8 Å². The normalized spacial score (nSPS) is 13.2. The molecule has 0 spiro atoms. The van der Waals surface area contributed by atoms with Crippen LogP contribution < -0.4 is 4.72 Å². The minimum absolute atomic E-state index is 0.0252. The molecular weight excluding hydrogens is 305 g/mol. The third kappa shape index (κ3) is 3.94. The van der Waals surface area contributed by atoms with Crippen LogP contribution in [-0.2, 0) is 10.0 Å².